The van der Waals surface area contributed by atoms with Crippen LogP contribution in [0.2, 0.25) is 0 Å². The molecule has 0 radical (unpaired) electrons. The van der Waals surface area contributed by atoms with E-state index in [0.29, 0.717) is 30.9 Å². The van der Waals surface area contributed by atoms with E-state index in [1.807, 2.05) is 0 Å². The third kappa shape index (κ3) is 4.41. The lowest BCUT2D eigenvalue weighted by Gasteiger charge is -2.29. The van der Waals surface area contributed by atoms with Crippen molar-refractivity contribution in [3.8, 4) is 0 Å². The predicted molar refractivity (Wildman–Crippen MR) is 93.5 cm³/mol. The quantitative estimate of drug-likeness (QED) is 0.397. The van der Waals surface area contributed by atoms with Crippen LogP contribution in [-0.4, -0.2) is 6.61 Å². The molecule has 0 N–H and O–H groups in total. The second-order valence-electron chi connectivity index (χ2n) is 7.98. The highest BCUT2D eigenvalue weighted by atomic mass is 19.4. The third-order valence-corrected chi connectivity index (χ3v) is 6.05. The van der Waals surface area contributed by atoms with Crippen molar-refractivity contribution in [3.63, 3.8) is 0 Å². The summed E-state index contributed by atoms with van der Waals surface area (Å²) in [5, 5.41) is 0. The van der Waals surface area contributed by atoms with E-state index < -0.39 is 23.7 Å². The molecule has 26 heavy (non-hydrogen) atoms. The average Bonchev–Trinajstić information content (AvgIpc) is 3.40. The van der Waals surface area contributed by atoms with Crippen LogP contribution in [0.3, 0.4) is 0 Å². The first-order chi connectivity index (χ1) is 12.3. The second kappa shape index (κ2) is 7.87. The number of halogens is 4. The fourth-order valence-electron chi connectivity index (χ4n) is 4.50. The molecular weight excluding hydrogens is 344 g/mol. The molecule has 2 aliphatic rings. The van der Waals surface area contributed by atoms with Crippen LogP contribution in [0, 0.1) is 24.6 Å². The lowest BCUT2D eigenvalue weighted by molar-refractivity contribution is -0.140. The Morgan fingerprint density at radius 1 is 1.08 bits per heavy atom. The molecule has 1 saturated heterocycles. The molecule has 1 nitrogen and oxygen atoms in total. The van der Waals surface area contributed by atoms with Gasteiger partial charge < -0.3 is 4.74 Å². The normalized spacial score (nSPS) is 26.2. The monoisotopic (exact) mass is 372 g/mol. The molecular formula is C21H28F4O. The maximum Gasteiger partial charge on any atom is 0.419 e. The number of ether oxygens (including phenoxy) is 1. The number of hydrogen-bond acceptors (Lipinski definition) is 1. The number of rotatable bonds is 6. The van der Waals surface area contributed by atoms with Crippen molar-refractivity contribution >= 4 is 0 Å². The highest BCUT2D eigenvalue weighted by Gasteiger charge is 2.41. The van der Waals surface area contributed by atoms with Crippen molar-refractivity contribution in [3.05, 3.63) is 34.1 Å². The Bertz CT molecular complexity index is 626. The minimum atomic E-state index is -4.67. The van der Waals surface area contributed by atoms with Gasteiger partial charge in [0.25, 0.3) is 0 Å². The summed E-state index contributed by atoms with van der Waals surface area (Å²) in [7, 11) is 0. The Morgan fingerprint density at radius 2 is 1.65 bits per heavy atom. The SMILES string of the molecule is CCCC1CCC(CCc2c(C)cc(C3CO3)c(F)c2C(F)(F)F)CC1. The molecule has 0 amide bonds. The van der Waals surface area contributed by atoms with E-state index >= 15 is 0 Å². The average molecular weight is 372 g/mol. The van der Waals surface area contributed by atoms with Gasteiger partial charge in [0.05, 0.1) is 12.2 Å². The zero-order valence-corrected chi connectivity index (χ0v) is 15.6. The zero-order chi connectivity index (χ0) is 18.9. The summed E-state index contributed by atoms with van der Waals surface area (Å²) in [6.07, 6.45) is 2.79. The summed E-state index contributed by atoms with van der Waals surface area (Å²) in [6.45, 7) is 4.15. The standard InChI is InChI=1S/C21H28F4O/c1-3-4-14-5-7-15(8-6-14)9-10-16-13(2)11-17(18-12-26-18)20(22)19(16)21(23,24)25/h11,14-15,18H,3-10,12H2,1-2H3. The fourth-order valence-corrected chi connectivity index (χ4v) is 4.50. The highest BCUT2D eigenvalue weighted by molar-refractivity contribution is 5.43. The van der Waals surface area contributed by atoms with Crippen LogP contribution in [0.25, 0.3) is 0 Å². The lowest BCUT2D eigenvalue weighted by Crippen LogP contribution is -2.18. The Balaban J connectivity index is 1.74. The van der Waals surface area contributed by atoms with Gasteiger partial charge in [-0.15, -0.1) is 0 Å². The molecule has 0 spiro atoms. The highest BCUT2D eigenvalue weighted by Crippen LogP contribution is 2.42. The van der Waals surface area contributed by atoms with Crippen LogP contribution < -0.4 is 0 Å². The first-order valence-corrected chi connectivity index (χ1v) is 9.81. The molecule has 3 rings (SSSR count). The van der Waals surface area contributed by atoms with Crippen LogP contribution in [0.15, 0.2) is 6.07 Å². The minimum Gasteiger partial charge on any atom is -0.368 e. The molecule has 1 aliphatic carbocycles. The zero-order valence-electron chi connectivity index (χ0n) is 15.6. The number of benzene rings is 1. The van der Waals surface area contributed by atoms with E-state index in [-0.39, 0.29) is 11.1 Å². The second-order valence-corrected chi connectivity index (χ2v) is 7.98. The van der Waals surface area contributed by atoms with Crippen LogP contribution in [0.1, 0.15) is 80.2 Å². The predicted octanol–water partition coefficient (Wildman–Crippen LogP) is 6.76. The van der Waals surface area contributed by atoms with Gasteiger partial charge in [0, 0.05) is 5.56 Å². The van der Waals surface area contributed by atoms with Crippen LogP contribution in [0.5, 0.6) is 0 Å². The van der Waals surface area contributed by atoms with Gasteiger partial charge >= 0.3 is 6.18 Å². The van der Waals surface area contributed by atoms with Gasteiger partial charge in [-0.2, -0.15) is 13.2 Å². The van der Waals surface area contributed by atoms with Gasteiger partial charge in [0.1, 0.15) is 11.9 Å². The van der Waals surface area contributed by atoms with E-state index in [4.69, 9.17) is 4.74 Å². The van der Waals surface area contributed by atoms with Crippen molar-refractivity contribution in [2.75, 3.05) is 6.61 Å². The van der Waals surface area contributed by atoms with Crippen molar-refractivity contribution in [1.82, 2.24) is 0 Å². The molecule has 1 unspecified atom stereocenters. The molecule has 0 bridgehead atoms. The Hall–Kier alpha value is -1.10. The summed E-state index contributed by atoms with van der Waals surface area (Å²) >= 11 is 0. The first kappa shape index (κ1) is 19.7. The lowest BCUT2D eigenvalue weighted by atomic mass is 9.77. The smallest absolute Gasteiger partial charge is 0.368 e. The number of hydrogen-bond donors (Lipinski definition) is 0. The van der Waals surface area contributed by atoms with E-state index in [1.165, 1.54) is 25.7 Å². The third-order valence-electron chi connectivity index (χ3n) is 6.05. The molecule has 2 fully saturated rings. The fraction of sp³-hybridized carbons (Fsp3) is 0.714. The van der Waals surface area contributed by atoms with E-state index in [1.54, 1.807) is 13.0 Å². The van der Waals surface area contributed by atoms with Crippen molar-refractivity contribution < 1.29 is 22.3 Å². The summed E-state index contributed by atoms with van der Waals surface area (Å²) in [4.78, 5) is 0. The van der Waals surface area contributed by atoms with Gasteiger partial charge in [-0.1, -0.05) is 51.5 Å². The molecule has 1 heterocycles. The van der Waals surface area contributed by atoms with Crippen LogP contribution in [-0.2, 0) is 17.3 Å². The van der Waals surface area contributed by atoms with Crippen molar-refractivity contribution in [2.24, 2.45) is 11.8 Å². The molecule has 0 aromatic heterocycles. The Morgan fingerprint density at radius 3 is 2.15 bits per heavy atom. The van der Waals surface area contributed by atoms with Gasteiger partial charge in [0.2, 0.25) is 0 Å². The molecule has 1 aliphatic heterocycles. The number of alkyl halides is 3. The van der Waals surface area contributed by atoms with Gasteiger partial charge in [0.15, 0.2) is 0 Å². The maximum absolute atomic E-state index is 14.6. The Labute approximate surface area is 153 Å². The minimum absolute atomic E-state index is 0.0543. The maximum atomic E-state index is 14.6. The molecule has 1 saturated carbocycles. The molecule has 5 heteroatoms. The Kier molecular flexibility index (Phi) is 5.95. The van der Waals surface area contributed by atoms with E-state index in [2.05, 4.69) is 6.92 Å². The van der Waals surface area contributed by atoms with Crippen LogP contribution in [0.4, 0.5) is 17.6 Å². The molecule has 1 atom stereocenters. The van der Waals surface area contributed by atoms with Crippen molar-refractivity contribution in [1.29, 1.82) is 0 Å². The summed E-state index contributed by atoms with van der Waals surface area (Å²) in [5.74, 6) is 0.101. The van der Waals surface area contributed by atoms with E-state index in [0.717, 1.165) is 18.8 Å². The number of aryl methyl sites for hydroxylation is 1. The topological polar surface area (TPSA) is 12.5 Å². The largest absolute Gasteiger partial charge is 0.419 e. The van der Waals surface area contributed by atoms with Gasteiger partial charge in [-0.3, -0.25) is 0 Å². The van der Waals surface area contributed by atoms with E-state index in [9.17, 15) is 17.6 Å². The molecule has 1 aromatic rings. The summed E-state index contributed by atoms with van der Waals surface area (Å²) in [5.41, 5.74) is -0.347. The molecule has 146 valence electrons. The summed E-state index contributed by atoms with van der Waals surface area (Å²) < 4.78 is 60.3. The van der Waals surface area contributed by atoms with Crippen LogP contribution >= 0.6 is 0 Å². The van der Waals surface area contributed by atoms with Gasteiger partial charge in [-0.05, 0) is 42.7 Å². The summed E-state index contributed by atoms with van der Waals surface area (Å²) in [6, 6.07) is 1.55. The number of epoxide rings is 1. The first-order valence-electron chi connectivity index (χ1n) is 9.81. The van der Waals surface area contributed by atoms with Gasteiger partial charge in [-0.25, -0.2) is 4.39 Å². The molecule has 1 aromatic carbocycles. The van der Waals surface area contributed by atoms with Crippen molar-refractivity contribution in [2.45, 2.75) is 77.5 Å².